The highest BCUT2D eigenvalue weighted by atomic mass is 16.3. The molecule has 0 aliphatic carbocycles. The van der Waals surface area contributed by atoms with Gasteiger partial charge in [0.1, 0.15) is 5.75 Å². The van der Waals surface area contributed by atoms with Crippen LogP contribution in [0.15, 0.2) is 42.5 Å². The molecule has 2 amide bonds. The van der Waals surface area contributed by atoms with Crippen LogP contribution in [-0.4, -0.2) is 42.0 Å². The minimum Gasteiger partial charge on any atom is -0.507 e. The maximum absolute atomic E-state index is 12.9. The van der Waals surface area contributed by atoms with E-state index in [1.54, 1.807) is 18.0 Å². The van der Waals surface area contributed by atoms with Gasteiger partial charge in [-0.3, -0.25) is 9.59 Å². The fraction of sp³-hybridized carbons (Fsp3) is 0.333. The van der Waals surface area contributed by atoms with E-state index in [1.165, 1.54) is 31.9 Å². The maximum Gasteiger partial charge on any atom is 0.257 e. The Hall–Kier alpha value is -3.02. The number of phenols is 1. The molecule has 6 heteroatoms. The van der Waals surface area contributed by atoms with E-state index in [-0.39, 0.29) is 23.1 Å². The summed E-state index contributed by atoms with van der Waals surface area (Å²) in [5, 5.41) is 12.7. The summed E-state index contributed by atoms with van der Waals surface area (Å²) in [5.41, 5.74) is 2.88. The third-order valence-electron chi connectivity index (χ3n) is 4.74. The molecule has 1 heterocycles. The first-order chi connectivity index (χ1) is 13.0. The highest BCUT2D eigenvalue weighted by Crippen LogP contribution is 2.27. The zero-order valence-corrected chi connectivity index (χ0v) is 15.7. The Morgan fingerprint density at radius 1 is 1.15 bits per heavy atom. The first-order valence-corrected chi connectivity index (χ1v) is 9.14. The van der Waals surface area contributed by atoms with Crippen LogP contribution in [0.4, 0.5) is 11.4 Å². The molecule has 1 aliphatic heterocycles. The summed E-state index contributed by atoms with van der Waals surface area (Å²) < 4.78 is 0. The molecule has 0 atom stereocenters. The van der Waals surface area contributed by atoms with Gasteiger partial charge in [0.05, 0.1) is 5.56 Å². The van der Waals surface area contributed by atoms with E-state index in [9.17, 15) is 14.7 Å². The fourth-order valence-electron chi connectivity index (χ4n) is 3.43. The van der Waals surface area contributed by atoms with E-state index in [1.807, 2.05) is 18.2 Å². The van der Waals surface area contributed by atoms with Crippen LogP contribution in [0.25, 0.3) is 0 Å². The SMILES string of the molecule is CC(=O)Nc1ccc(O)c(C(=O)N(C)Cc2ccccc2N2CCCC2)c1. The number of nitrogens with zero attached hydrogens (tertiary/aromatic N) is 2. The smallest absolute Gasteiger partial charge is 0.257 e. The predicted octanol–water partition coefficient (Wildman–Crippen LogP) is 3.22. The minimum atomic E-state index is -0.295. The topological polar surface area (TPSA) is 72.9 Å². The molecule has 0 bridgehead atoms. The van der Waals surface area contributed by atoms with Crippen molar-refractivity contribution in [1.29, 1.82) is 0 Å². The van der Waals surface area contributed by atoms with E-state index in [4.69, 9.17) is 0 Å². The van der Waals surface area contributed by atoms with Crippen molar-refractivity contribution in [3.63, 3.8) is 0 Å². The molecule has 1 aliphatic rings. The Morgan fingerprint density at radius 2 is 1.85 bits per heavy atom. The molecule has 142 valence electrons. The van der Waals surface area contributed by atoms with Crippen molar-refractivity contribution < 1.29 is 14.7 Å². The molecule has 2 aromatic rings. The van der Waals surface area contributed by atoms with Crippen LogP contribution in [-0.2, 0) is 11.3 Å². The van der Waals surface area contributed by atoms with E-state index >= 15 is 0 Å². The standard InChI is InChI=1S/C21H25N3O3/c1-15(25)22-17-9-10-20(26)18(13-17)21(27)23(2)14-16-7-3-4-8-19(16)24-11-5-6-12-24/h3-4,7-10,13,26H,5-6,11-12,14H2,1-2H3,(H,22,25). The van der Waals surface area contributed by atoms with Gasteiger partial charge < -0.3 is 20.2 Å². The van der Waals surface area contributed by atoms with E-state index in [0.29, 0.717) is 12.2 Å². The first-order valence-electron chi connectivity index (χ1n) is 9.14. The number of carbonyl (C=O) groups excluding carboxylic acids is 2. The van der Waals surface area contributed by atoms with Crippen LogP contribution < -0.4 is 10.2 Å². The molecule has 0 aromatic heterocycles. The number of hydrogen-bond acceptors (Lipinski definition) is 4. The van der Waals surface area contributed by atoms with Gasteiger partial charge in [-0.05, 0) is 42.7 Å². The molecule has 2 aromatic carbocycles. The van der Waals surface area contributed by atoms with Crippen LogP contribution in [0.3, 0.4) is 0 Å². The van der Waals surface area contributed by atoms with Crippen LogP contribution >= 0.6 is 0 Å². The number of rotatable bonds is 5. The van der Waals surface area contributed by atoms with Crippen molar-refractivity contribution in [2.45, 2.75) is 26.3 Å². The molecule has 1 saturated heterocycles. The number of anilines is 2. The fourth-order valence-corrected chi connectivity index (χ4v) is 3.43. The Labute approximate surface area is 159 Å². The van der Waals surface area contributed by atoms with E-state index in [2.05, 4.69) is 16.3 Å². The van der Waals surface area contributed by atoms with Gasteiger partial charge in [-0.25, -0.2) is 0 Å². The van der Waals surface area contributed by atoms with E-state index in [0.717, 1.165) is 24.3 Å². The zero-order valence-electron chi connectivity index (χ0n) is 15.7. The molecule has 6 nitrogen and oxygen atoms in total. The number of aromatic hydroxyl groups is 1. The monoisotopic (exact) mass is 367 g/mol. The lowest BCUT2D eigenvalue weighted by Crippen LogP contribution is -2.28. The highest BCUT2D eigenvalue weighted by molar-refractivity contribution is 5.99. The minimum absolute atomic E-state index is 0.103. The number of carbonyl (C=O) groups is 2. The summed E-state index contributed by atoms with van der Waals surface area (Å²) >= 11 is 0. The van der Waals surface area contributed by atoms with Crippen LogP contribution in [0.1, 0.15) is 35.7 Å². The van der Waals surface area contributed by atoms with Gasteiger partial charge in [-0.2, -0.15) is 0 Å². The first kappa shape index (κ1) is 18.8. The lowest BCUT2D eigenvalue weighted by molar-refractivity contribution is -0.114. The van der Waals surface area contributed by atoms with Crippen LogP contribution in [0, 0.1) is 0 Å². The summed E-state index contributed by atoms with van der Waals surface area (Å²) in [7, 11) is 1.72. The van der Waals surface area contributed by atoms with Crippen molar-refractivity contribution in [2.75, 3.05) is 30.4 Å². The van der Waals surface area contributed by atoms with Crippen molar-refractivity contribution in [3.05, 3.63) is 53.6 Å². The third-order valence-corrected chi connectivity index (χ3v) is 4.74. The Balaban J connectivity index is 1.80. The second-order valence-electron chi connectivity index (χ2n) is 6.90. The highest BCUT2D eigenvalue weighted by Gasteiger charge is 2.20. The molecule has 0 radical (unpaired) electrons. The Kier molecular flexibility index (Phi) is 5.64. The largest absolute Gasteiger partial charge is 0.507 e. The van der Waals surface area contributed by atoms with Crippen molar-refractivity contribution in [2.24, 2.45) is 0 Å². The summed E-state index contributed by atoms with van der Waals surface area (Å²) in [6, 6.07) is 12.6. The molecule has 2 N–H and O–H groups in total. The molecular formula is C21H25N3O3. The zero-order chi connectivity index (χ0) is 19.4. The van der Waals surface area contributed by atoms with Gasteiger partial charge in [0.25, 0.3) is 5.91 Å². The molecule has 1 fully saturated rings. The van der Waals surface area contributed by atoms with Gasteiger partial charge >= 0.3 is 0 Å². The van der Waals surface area contributed by atoms with Gasteiger partial charge in [0, 0.05) is 45.0 Å². The quantitative estimate of drug-likeness (QED) is 0.796. The number of amides is 2. The Morgan fingerprint density at radius 3 is 2.56 bits per heavy atom. The van der Waals surface area contributed by atoms with Gasteiger partial charge in [0.15, 0.2) is 0 Å². The lowest BCUT2D eigenvalue weighted by Gasteiger charge is -2.25. The summed E-state index contributed by atoms with van der Waals surface area (Å²) in [6.45, 7) is 3.91. The molecule has 0 saturated carbocycles. The van der Waals surface area contributed by atoms with Gasteiger partial charge in [-0.1, -0.05) is 18.2 Å². The van der Waals surface area contributed by atoms with Crippen molar-refractivity contribution in [1.82, 2.24) is 4.90 Å². The normalized spacial score (nSPS) is 13.5. The van der Waals surface area contributed by atoms with Crippen molar-refractivity contribution >= 4 is 23.2 Å². The Bertz CT molecular complexity index is 844. The molecule has 0 unspecified atom stereocenters. The second kappa shape index (κ2) is 8.12. The number of hydrogen-bond donors (Lipinski definition) is 2. The average molecular weight is 367 g/mol. The maximum atomic E-state index is 12.9. The number of nitrogens with one attached hydrogen (secondary N) is 1. The average Bonchev–Trinajstić information content (AvgIpc) is 3.17. The number of para-hydroxylation sites is 1. The number of phenolic OH excluding ortho intramolecular Hbond substituents is 1. The van der Waals surface area contributed by atoms with Gasteiger partial charge in [0.2, 0.25) is 5.91 Å². The molecular weight excluding hydrogens is 342 g/mol. The third kappa shape index (κ3) is 4.39. The molecule has 3 rings (SSSR count). The summed E-state index contributed by atoms with van der Waals surface area (Å²) in [4.78, 5) is 28.1. The summed E-state index contributed by atoms with van der Waals surface area (Å²) in [5.74, 6) is -0.628. The predicted molar refractivity (Wildman–Crippen MR) is 106 cm³/mol. The van der Waals surface area contributed by atoms with Crippen molar-refractivity contribution in [3.8, 4) is 5.75 Å². The summed E-state index contributed by atoms with van der Waals surface area (Å²) in [6.07, 6.45) is 2.37. The van der Waals surface area contributed by atoms with E-state index < -0.39 is 0 Å². The van der Waals surface area contributed by atoms with Crippen LogP contribution in [0.5, 0.6) is 5.75 Å². The molecule has 0 spiro atoms. The van der Waals surface area contributed by atoms with Gasteiger partial charge in [-0.15, -0.1) is 0 Å². The van der Waals surface area contributed by atoms with Crippen LogP contribution in [0.2, 0.25) is 0 Å². The molecule has 27 heavy (non-hydrogen) atoms. The number of benzene rings is 2. The second-order valence-corrected chi connectivity index (χ2v) is 6.90. The lowest BCUT2D eigenvalue weighted by atomic mass is 10.1.